The summed E-state index contributed by atoms with van der Waals surface area (Å²) in [6.45, 7) is 5.05. The number of nitrogens with zero attached hydrogens (tertiary/aromatic N) is 3. The van der Waals surface area contributed by atoms with E-state index in [2.05, 4.69) is 5.32 Å². The molecular weight excluding hydrogens is 436 g/mol. The lowest BCUT2D eigenvalue weighted by molar-refractivity contribution is 0.0614. The normalized spacial score (nSPS) is 18.0. The maximum Gasteiger partial charge on any atom is 0.409 e. The van der Waals surface area contributed by atoms with Crippen molar-refractivity contribution in [1.82, 2.24) is 14.5 Å². The Kier molecular flexibility index (Phi) is 7.63. The summed E-state index contributed by atoms with van der Waals surface area (Å²) in [6.07, 6.45) is -0.166. The lowest BCUT2D eigenvalue weighted by atomic mass is 10.1. The van der Waals surface area contributed by atoms with Gasteiger partial charge in [-0.15, -0.1) is 0 Å². The zero-order valence-electron chi connectivity index (χ0n) is 19.0. The van der Waals surface area contributed by atoms with Gasteiger partial charge in [-0.25, -0.2) is 9.78 Å². The Bertz CT molecular complexity index is 1040. The number of halogens is 1. The van der Waals surface area contributed by atoms with E-state index in [1.807, 2.05) is 13.8 Å². The van der Waals surface area contributed by atoms with Gasteiger partial charge in [0.25, 0.3) is 5.56 Å². The lowest BCUT2D eigenvalue weighted by Gasteiger charge is -2.22. The highest BCUT2D eigenvalue weighted by atomic mass is 35.5. The van der Waals surface area contributed by atoms with E-state index in [0.29, 0.717) is 59.7 Å². The maximum atomic E-state index is 13.3. The molecule has 1 saturated heterocycles. The van der Waals surface area contributed by atoms with Crippen LogP contribution in [0.4, 0.5) is 10.5 Å². The van der Waals surface area contributed by atoms with E-state index in [4.69, 9.17) is 30.8 Å². The van der Waals surface area contributed by atoms with Gasteiger partial charge in [0.05, 0.1) is 43.6 Å². The molecule has 1 aromatic carbocycles. The van der Waals surface area contributed by atoms with Crippen LogP contribution in [0.15, 0.2) is 23.0 Å². The van der Waals surface area contributed by atoms with Crippen molar-refractivity contribution >= 4 is 23.4 Å². The molecule has 2 heterocycles. The molecule has 0 aliphatic carbocycles. The fraction of sp³-hybridized carbons (Fsp3) is 0.500. The minimum absolute atomic E-state index is 0.231. The molecule has 1 aromatic heterocycles. The molecule has 2 unspecified atom stereocenters. The zero-order chi connectivity index (χ0) is 23.4. The Morgan fingerprint density at radius 1 is 1.28 bits per heavy atom. The number of hydrogen-bond acceptors (Lipinski definition) is 7. The maximum absolute atomic E-state index is 13.3. The Balaban J connectivity index is 1.98. The van der Waals surface area contributed by atoms with Crippen molar-refractivity contribution in [3.63, 3.8) is 0 Å². The number of carbonyl (C=O) groups excluding carboxylic acids is 1. The number of ether oxygens (including phenoxy) is 3. The van der Waals surface area contributed by atoms with Crippen LogP contribution in [0.1, 0.15) is 19.5 Å². The second kappa shape index (κ2) is 10.2. The molecule has 9 nitrogen and oxygen atoms in total. The van der Waals surface area contributed by atoms with E-state index >= 15 is 0 Å². The first kappa shape index (κ1) is 23.9. The van der Waals surface area contributed by atoms with Gasteiger partial charge in [-0.2, -0.15) is 0 Å². The molecule has 174 valence electrons. The second-order valence-electron chi connectivity index (χ2n) is 7.44. The van der Waals surface area contributed by atoms with Crippen molar-refractivity contribution in [2.24, 2.45) is 7.05 Å². The summed E-state index contributed by atoms with van der Waals surface area (Å²) in [5, 5.41) is 3.74. The van der Waals surface area contributed by atoms with Gasteiger partial charge in [0, 0.05) is 25.8 Å². The Morgan fingerprint density at radius 3 is 2.62 bits per heavy atom. The number of methoxy groups -OCH3 is 2. The first-order chi connectivity index (χ1) is 15.3. The summed E-state index contributed by atoms with van der Waals surface area (Å²) in [6, 6.07) is 4.97. The van der Waals surface area contributed by atoms with Gasteiger partial charge in [-0.05, 0) is 31.5 Å². The van der Waals surface area contributed by atoms with Gasteiger partial charge in [0.1, 0.15) is 17.3 Å². The summed E-state index contributed by atoms with van der Waals surface area (Å²) in [7, 11) is 4.57. The topological polar surface area (TPSA) is 94.9 Å². The highest BCUT2D eigenvalue weighted by Gasteiger charge is 2.37. The van der Waals surface area contributed by atoms with Gasteiger partial charge >= 0.3 is 6.09 Å². The van der Waals surface area contributed by atoms with Gasteiger partial charge < -0.3 is 24.4 Å². The van der Waals surface area contributed by atoms with Crippen molar-refractivity contribution in [2.75, 3.05) is 39.2 Å². The van der Waals surface area contributed by atoms with E-state index in [0.717, 1.165) is 0 Å². The quantitative estimate of drug-likeness (QED) is 0.673. The minimum atomic E-state index is -0.426. The van der Waals surface area contributed by atoms with Crippen LogP contribution in [0, 0.1) is 0 Å². The highest BCUT2D eigenvalue weighted by Crippen LogP contribution is 2.30. The Hall–Kier alpha value is -2.78. The average Bonchev–Trinajstić information content (AvgIpc) is 3.19. The molecule has 2 atom stereocenters. The summed E-state index contributed by atoms with van der Waals surface area (Å²) >= 11 is 6.44. The van der Waals surface area contributed by atoms with Gasteiger partial charge in [0.2, 0.25) is 0 Å². The van der Waals surface area contributed by atoms with Crippen molar-refractivity contribution in [2.45, 2.75) is 32.4 Å². The SMILES string of the molecule is CCOC1CN(C(=O)OC)CC1Nc1c(CC)nc(-c2ccc(OC)cc2Cl)n(C)c1=O. The number of rotatable bonds is 7. The number of amides is 1. The molecule has 1 N–H and O–H groups in total. The Labute approximate surface area is 192 Å². The van der Waals surface area contributed by atoms with Crippen molar-refractivity contribution in [1.29, 1.82) is 0 Å². The number of carbonyl (C=O) groups is 1. The van der Waals surface area contributed by atoms with E-state index in [-0.39, 0.29) is 17.7 Å². The molecule has 1 fully saturated rings. The molecule has 0 spiro atoms. The average molecular weight is 465 g/mol. The highest BCUT2D eigenvalue weighted by molar-refractivity contribution is 6.33. The van der Waals surface area contributed by atoms with Gasteiger partial charge in [0.15, 0.2) is 0 Å². The fourth-order valence-corrected chi connectivity index (χ4v) is 4.11. The van der Waals surface area contributed by atoms with Crippen molar-refractivity contribution < 1.29 is 19.0 Å². The third-order valence-electron chi connectivity index (χ3n) is 5.53. The predicted octanol–water partition coefficient (Wildman–Crippen LogP) is 2.94. The number of nitrogens with one attached hydrogen (secondary N) is 1. The monoisotopic (exact) mass is 464 g/mol. The van der Waals surface area contributed by atoms with E-state index < -0.39 is 6.09 Å². The summed E-state index contributed by atoms with van der Waals surface area (Å²) in [5.74, 6) is 1.09. The number of aryl methyl sites for hydroxylation is 1. The van der Waals surface area contributed by atoms with Crippen LogP contribution in [0.25, 0.3) is 11.4 Å². The molecule has 2 aromatic rings. The summed E-state index contributed by atoms with van der Waals surface area (Å²) < 4.78 is 17.3. The largest absolute Gasteiger partial charge is 0.497 e. The van der Waals surface area contributed by atoms with Gasteiger partial charge in [-0.3, -0.25) is 9.36 Å². The molecule has 0 radical (unpaired) electrons. The zero-order valence-corrected chi connectivity index (χ0v) is 19.7. The molecule has 0 saturated carbocycles. The smallest absolute Gasteiger partial charge is 0.409 e. The van der Waals surface area contributed by atoms with Crippen LogP contribution in [0.5, 0.6) is 5.75 Å². The van der Waals surface area contributed by atoms with Crippen LogP contribution in [0.3, 0.4) is 0 Å². The number of likely N-dealkylation sites (tertiary alicyclic amines) is 1. The number of benzene rings is 1. The predicted molar refractivity (Wildman–Crippen MR) is 123 cm³/mol. The molecule has 10 heteroatoms. The van der Waals surface area contributed by atoms with Crippen molar-refractivity contribution in [3.05, 3.63) is 39.3 Å². The van der Waals surface area contributed by atoms with Crippen LogP contribution in [0.2, 0.25) is 5.02 Å². The van der Waals surface area contributed by atoms with E-state index in [9.17, 15) is 9.59 Å². The third kappa shape index (κ3) is 4.68. The van der Waals surface area contributed by atoms with E-state index in [1.54, 1.807) is 37.3 Å². The van der Waals surface area contributed by atoms with Crippen LogP contribution in [-0.2, 0) is 22.9 Å². The second-order valence-corrected chi connectivity index (χ2v) is 7.85. The van der Waals surface area contributed by atoms with Crippen LogP contribution in [-0.4, -0.2) is 66.6 Å². The number of aromatic nitrogens is 2. The van der Waals surface area contributed by atoms with Crippen LogP contribution < -0.4 is 15.6 Å². The molecule has 1 aliphatic heterocycles. The lowest BCUT2D eigenvalue weighted by Crippen LogP contribution is -2.38. The molecule has 1 aliphatic rings. The Morgan fingerprint density at radius 2 is 2.03 bits per heavy atom. The first-order valence-corrected chi connectivity index (χ1v) is 10.9. The number of hydrogen-bond donors (Lipinski definition) is 1. The molecular formula is C22H29ClN4O5. The molecule has 32 heavy (non-hydrogen) atoms. The van der Waals surface area contributed by atoms with Gasteiger partial charge in [-0.1, -0.05) is 18.5 Å². The first-order valence-electron chi connectivity index (χ1n) is 10.5. The van der Waals surface area contributed by atoms with Crippen LogP contribution >= 0.6 is 11.6 Å². The fourth-order valence-electron chi connectivity index (χ4n) is 3.85. The molecule has 0 bridgehead atoms. The summed E-state index contributed by atoms with van der Waals surface area (Å²) in [5.41, 5.74) is 1.41. The molecule has 1 amide bonds. The summed E-state index contributed by atoms with van der Waals surface area (Å²) in [4.78, 5) is 31.7. The third-order valence-corrected chi connectivity index (χ3v) is 5.84. The molecule has 3 rings (SSSR count). The minimum Gasteiger partial charge on any atom is -0.497 e. The van der Waals surface area contributed by atoms with Crippen molar-refractivity contribution in [3.8, 4) is 17.1 Å². The standard InChI is InChI=1S/C22H29ClN4O5/c1-6-16-19(24-17-11-27(22(29)31-5)12-18(17)32-7-2)21(28)26(3)20(25-16)14-9-8-13(30-4)10-15(14)23/h8-10,17-18,24H,6-7,11-12H2,1-5H3. The van der Waals surface area contributed by atoms with E-state index in [1.165, 1.54) is 11.7 Å². The number of anilines is 1.